The van der Waals surface area contributed by atoms with E-state index in [-0.39, 0.29) is 5.92 Å². The normalized spacial score (nSPS) is 14.8. The number of rotatable bonds is 4. The van der Waals surface area contributed by atoms with Gasteiger partial charge >= 0.3 is 0 Å². The Morgan fingerprint density at radius 1 is 0.414 bits per heavy atom. The molecule has 10 aromatic rings. The lowest BCUT2D eigenvalue weighted by Crippen LogP contribution is -2.18. The van der Waals surface area contributed by atoms with Crippen LogP contribution in [0.25, 0.3) is 87.8 Å². The second kappa shape index (κ2) is 13.0. The van der Waals surface area contributed by atoms with Crippen LogP contribution in [0.15, 0.2) is 205 Å². The summed E-state index contributed by atoms with van der Waals surface area (Å²) in [6.07, 6.45) is 7.59. The SMILES string of the molecule is C1=CCC2C(=C1)N=C(c1cccc(-c3ccc4c(ccc5cc(-c6ccc7ccc8ccc(-c9ccccc9)nc8c7n6)ccc54)c3)c1)c1ccc3ccccc3c12. The van der Waals surface area contributed by atoms with Crippen LogP contribution in [0.4, 0.5) is 0 Å². The van der Waals surface area contributed by atoms with Gasteiger partial charge in [0.1, 0.15) is 0 Å². The number of benzene rings is 8. The van der Waals surface area contributed by atoms with Gasteiger partial charge in [0.05, 0.1) is 28.1 Å². The summed E-state index contributed by atoms with van der Waals surface area (Å²) in [5, 5.41) is 9.64. The van der Waals surface area contributed by atoms with Crippen LogP contribution in [0.2, 0.25) is 0 Å². The third kappa shape index (κ3) is 5.32. The van der Waals surface area contributed by atoms with E-state index in [1.54, 1.807) is 0 Å². The topological polar surface area (TPSA) is 38.1 Å². The van der Waals surface area contributed by atoms with Gasteiger partial charge < -0.3 is 0 Å². The van der Waals surface area contributed by atoms with Crippen LogP contribution in [0.5, 0.6) is 0 Å². The molecular formula is C55H35N3. The van der Waals surface area contributed by atoms with Gasteiger partial charge in [0, 0.05) is 44.6 Å². The highest BCUT2D eigenvalue weighted by Crippen LogP contribution is 2.43. The first-order valence-electron chi connectivity index (χ1n) is 20.0. The van der Waals surface area contributed by atoms with Gasteiger partial charge in [-0.2, -0.15) is 0 Å². The van der Waals surface area contributed by atoms with Gasteiger partial charge in [0.2, 0.25) is 0 Å². The molecule has 0 fully saturated rings. The molecule has 0 amide bonds. The minimum Gasteiger partial charge on any atom is -0.252 e. The van der Waals surface area contributed by atoms with Crippen molar-refractivity contribution in [3.05, 3.63) is 217 Å². The van der Waals surface area contributed by atoms with Crippen molar-refractivity contribution in [1.82, 2.24) is 9.97 Å². The molecule has 0 N–H and O–H groups in total. The number of hydrogen-bond donors (Lipinski definition) is 0. The van der Waals surface area contributed by atoms with E-state index < -0.39 is 0 Å². The second-order valence-electron chi connectivity index (χ2n) is 15.5. The Hall–Kier alpha value is -7.49. The highest BCUT2D eigenvalue weighted by atomic mass is 14.8. The highest BCUT2D eigenvalue weighted by molar-refractivity contribution is 6.18. The standard InChI is InChI=1S/C55H35N3/c1-2-10-35(11-3-1)49-29-24-36-17-18-37-25-30-50(57-55(37)54(36)56-49)42-23-27-45-41(33-42)20-19-40-31-39(22-26-44(40)45)38-12-8-13-43(32-38)53-48-28-21-34-9-4-5-14-46(34)52(48)47-15-6-7-16-51(47)58-53/h1-14,16-33,47H,15H2. The average Bonchev–Trinajstić information content (AvgIpc) is 3.30. The zero-order valence-electron chi connectivity index (χ0n) is 31.6. The van der Waals surface area contributed by atoms with E-state index in [0.29, 0.717) is 0 Å². The van der Waals surface area contributed by atoms with Crippen LogP contribution < -0.4 is 0 Å². The lowest BCUT2D eigenvalue weighted by Gasteiger charge is -2.29. The summed E-state index contributed by atoms with van der Waals surface area (Å²) in [5.41, 5.74) is 14.2. The van der Waals surface area contributed by atoms with Gasteiger partial charge in [-0.05, 0) is 91.8 Å². The van der Waals surface area contributed by atoms with Crippen molar-refractivity contribution >= 4 is 59.8 Å². The molecule has 8 aromatic carbocycles. The monoisotopic (exact) mass is 737 g/mol. The predicted octanol–water partition coefficient (Wildman–Crippen LogP) is 14.0. The maximum Gasteiger partial charge on any atom is 0.0972 e. The number of aliphatic imine (C=N–C) groups is 1. The quantitative estimate of drug-likeness (QED) is 0.169. The van der Waals surface area contributed by atoms with E-state index in [4.69, 9.17) is 15.0 Å². The molecule has 0 bridgehead atoms. The van der Waals surface area contributed by atoms with Crippen LogP contribution >= 0.6 is 0 Å². The number of aromatic nitrogens is 2. The lowest BCUT2D eigenvalue weighted by molar-refractivity contribution is 0.782. The number of fused-ring (bicyclic) bond motifs is 11. The highest BCUT2D eigenvalue weighted by Gasteiger charge is 2.29. The molecule has 3 heterocycles. The summed E-state index contributed by atoms with van der Waals surface area (Å²) in [6, 6.07) is 63.4. The average molecular weight is 738 g/mol. The van der Waals surface area contributed by atoms with E-state index in [9.17, 15) is 0 Å². The number of allylic oxidation sites excluding steroid dienone is 4. The molecular weight excluding hydrogens is 703 g/mol. The molecule has 0 saturated carbocycles. The fraction of sp³-hybridized carbons (Fsp3) is 0.0364. The smallest absolute Gasteiger partial charge is 0.0972 e. The number of nitrogens with zero attached hydrogens (tertiary/aromatic N) is 3. The van der Waals surface area contributed by atoms with Crippen LogP contribution in [-0.2, 0) is 0 Å². The maximum absolute atomic E-state index is 5.33. The lowest BCUT2D eigenvalue weighted by atomic mass is 9.79. The molecule has 3 nitrogen and oxygen atoms in total. The molecule has 2 aromatic heterocycles. The van der Waals surface area contributed by atoms with Crippen LogP contribution in [0.3, 0.4) is 0 Å². The van der Waals surface area contributed by atoms with Crippen molar-refractivity contribution in [2.75, 3.05) is 0 Å². The van der Waals surface area contributed by atoms with Crippen LogP contribution in [-0.4, -0.2) is 15.7 Å². The number of pyridine rings is 2. The summed E-state index contributed by atoms with van der Waals surface area (Å²) in [4.78, 5) is 15.7. The Kier molecular flexibility index (Phi) is 7.36. The Bertz CT molecular complexity index is 3430. The number of hydrogen-bond acceptors (Lipinski definition) is 3. The van der Waals surface area contributed by atoms with Crippen molar-refractivity contribution in [3.8, 4) is 33.6 Å². The van der Waals surface area contributed by atoms with Gasteiger partial charge in [0.15, 0.2) is 0 Å². The van der Waals surface area contributed by atoms with E-state index >= 15 is 0 Å². The van der Waals surface area contributed by atoms with Crippen LogP contribution in [0, 0.1) is 0 Å². The summed E-state index contributed by atoms with van der Waals surface area (Å²) in [6.45, 7) is 0. The molecule has 0 radical (unpaired) electrons. The molecule has 12 rings (SSSR count). The molecule has 58 heavy (non-hydrogen) atoms. The van der Waals surface area contributed by atoms with E-state index in [0.717, 1.165) is 67.7 Å². The van der Waals surface area contributed by atoms with Gasteiger partial charge in [-0.15, -0.1) is 0 Å². The van der Waals surface area contributed by atoms with Gasteiger partial charge in [0.25, 0.3) is 0 Å². The Balaban J connectivity index is 0.902. The molecule has 270 valence electrons. The van der Waals surface area contributed by atoms with Crippen molar-refractivity contribution < 1.29 is 0 Å². The first kappa shape index (κ1) is 32.7. The van der Waals surface area contributed by atoms with Crippen molar-refractivity contribution in [1.29, 1.82) is 0 Å². The Labute approximate surface area is 336 Å². The minimum absolute atomic E-state index is 0.277. The predicted molar refractivity (Wildman–Crippen MR) is 243 cm³/mol. The fourth-order valence-electron chi connectivity index (χ4n) is 9.24. The van der Waals surface area contributed by atoms with E-state index in [2.05, 4.69) is 188 Å². The third-order valence-corrected chi connectivity index (χ3v) is 12.1. The van der Waals surface area contributed by atoms with Gasteiger partial charge in [-0.1, -0.05) is 158 Å². The molecule has 1 aliphatic heterocycles. The van der Waals surface area contributed by atoms with Crippen molar-refractivity contribution in [2.24, 2.45) is 4.99 Å². The van der Waals surface area contributed by atoms with Gasteiger partial charge in [-0.25, -0.2) is 9.97 Å². The Morgan fingerprint density at radius 3 is 1.81 bits per heavy atom. The molecule has 0 saturated heterocycles. The largest absolute Gasteiger partial charge is 0.252 e. The summed E-state index contributed by atoms with van der Waals surface area (Å²) >= 11 is 0. The van der Waals surface area contributed by atoms with Crippen LogP contribution in [0.1, 0.15) is 29.0 Å². The van der Waals surface area contributed by atoms with E-state index in [1.165, 1.54) is 54.6 Å². The molecule has 1 aliphatic carbocycles. The summed E-state index contributed by atoms with van der Waals surface area (Å²) in [5.74, 6) is 0.277. The first-order valence-corrected chi connectivity index (χ1v) is 20.0. The molecule has 2 aliphatic rings. The molecule has 3 heteroatoms. The third-order valence-electron chi connectivity index (χ3n) is 12.1. The van der Waals surface area contributed by atoms with Crippen molar-refractivity contribution in [3.63, 3.8) is 0 Å². The second-order valence-corrected chi connectivity index (χ2v) is 15.5. The molecule has 1 unspecified atom stereocenters. The fourth-order valence-corrected chi connectivity index (χ4v) is 9.24. The Morgan fingerprint density at radius 2 is 1.02 bits per heavy atom. The molecule has 1 atom stereocenters. The van der Waals surface area contributed by atoms with Crippen molar-refractivity contribution in [2.45, 2.75) is 12.3 Å². The zero-order chi connectivity index (χ0) is 38.2. The zero-order valence-corrected chi connectivity index (χ0v) is 31.6. The van der Waals surface area contributed by atoms with Gasteiger partial charge in [-0.3, -0.25) is 4.99 Å². The molecule has 0 spiro atoms. The summed E-state index contributed by atoms with van der Waals surface area (Å²) in [7, 11) is 0. The maximum atomic E-state index is 5.33. The minimum atomic E-state index is 0.277. The first-order chi connectivity index (χ1) is 28.7. The summed E-state index contributed by atoms with van der Waals surface area (Å²) < 4.78 is 0. The van der Waals surface area contributed by atoms with E-state index in [1.807, 2.05) is 6.07 Å².